The zero-order chi connectivity index (χ0) is 9.80. The first kappa shape index (κ1) is 10.2. The van der Waals surface area contributed by atoms with Crippen LogP contribution in [0.2, 0.25) is 0 Å². The van der Waals surface area contributed by atoms with Gasteiger partial charge >= 0.3 is 0 Å². The second kappa shape index (κ2) is 4.94. The van der Waals surface area contributed by atoms with Crippen molar-refractivity contribution in [2.45, 2.75) is 38.6 Å². The van der Waals surface area contributed by atoms with Gasteiger partial charge in [0.25, 0.3) is 0 Å². The molecule has 1 aromatic rings. The molecule has 1 saturated carbocycles. The largest absolute Gasteiger partial charge is 0.314 e. The van der Waals surface area contributed by atoms with Gasteiger partial charge in [0.2, 0.25) is 0 Å². The molecule has 78 valence electrons. The Kier molecular flexibility index (Phi) is 3.60. The van der Waals surface area contributed by atoms with Gasteiger partial charge < -0.3 is 5.32 Å². The van der Waals surface area contributed by atoms with Crippen molar-refractivity contribution >= 4 is 11.3 Å². The maximum atomic E-state index is 3.60. The molecule has 1 heterocycles. The number of rotatable bonds is 6. The predicted molar refractivity (Wildman–Crippen MR) is 62.8 cm³/mol. The van der Waals surface area contributed by atoms with Gasteiger partial charge in [-0.3, -0.25) is 0 Å². The molecular weight excluding hydrogens is 190 g/mol. The average molecular weight is 209 g/mol. The normalized spacial score (nSPS) is 18.4. The van der Waals surface area contributed by atoms with Crippen molar-refractivity contribution in [3.63, 3.8) is 0 Å². The van der Waals surface area contributed by atoms with E-state index in [0.29, 0.717) is 6.04 Å². The first-order valence-electron chi connectivity index (χ1n) is 5.59. The Hall–Kier alpha value is -0.340. The summed E-state index contributed by atoms with van der Waals surface area (Å²) in [6.45, 7) is 3.49. The molecule has 1 aliphatic carbocycles. The molecule has 0 saturated heterocycles. The molecule has 0 amide bonds. The van der Waals surface area contributed by atoms with Gasteiger partial charge in [-0.1, -0.05) is 12.8 Å². The maximum Gasteiger partial charge on any atom is 0.00794 e. The first-order valence-corrected chi connectivity index (χ1v) is 6.53. The zero-order valence-electron chi connectivity index (χ0n) is 8.83. The van der Waals surface area contributed by atoms with Crippen LogP contribution in [0.15, 0.2) is 16.8 Å². The molecule has 0 radical (unpaired) electrons. The zero-order valence-corrected chi connectivity index (χ0v) is 9.65. The second-order valence-corrected chi connectivity index (χ2v) is 5.20. The lowest BCUT2D eigenvalue weighted by molar-refractivity contribution is 0.520. The molecule has 0 aliphatic heterocycles. The number of nitrogens with one attached hydrogen (secondary N) is 1. The highest BCUT2D eigenvalue weighted by Crippen LogP contribution is 2.31. The molecule has 1 atom stereocenters. The van der Waals surface area contributed by atoms with E-state index in [4.69, 9.17) is 0 Å². The summed E-state index contributed by atoms with van der Waals surface area (Å²) in [6.07, 6.45) is 5.50. The molecular formula is C12H19NS. The van der Waals surface area contributed by atoms with Crippen LogP contribution in [0.4, 0.5) is 0 Å². The van der Waals surface area contributed by atoms with Crippen molar-refractivity contribution in [2.75, 3.05) is 6.54 Å². The van der Waals surface area contributed by atoms with Gasteiger partial charge in [0.15, 0.2) is 0 Å². The summed E-state index contributed by atoms with van der Waals surface area (Å²) in [5.41, 5.74) is 1.47. The SMILES string of the molecule is CC(Cc1ccsc1)NCCC1CC1. The van der Waals surface area contributed by atoms with E-state index in [1.54, 1.807) is 11.3 Å². The lowest BCUT2D eigenvalue weighted by Crippen LogP contribution is -2.29. The van der Waals surface area contributed by atoms with Gasteiger partial charge in [0.1, 0.15) is 0 Å². The number of thiophene rings is 1. The van der Waals surface area contributed by atoms with Crippen LogP contribution in [0.1, 0.15) is 31.7 Å². The van der Waals surface area contributed by atoms with Gasteiger partial charge in [-0.25, -0.2) is 0 Å². The topological polar surface area (TPSA) is 12.0 Å². The quantitative estimate of drug-likeness (QED) is 0.759. The highest BCUT2D eigenvalue weighted by molar-refractivity contribution is 7.07. The fourth-order valence-electron chi connectivity index (χ4n) is 1.77. The van der Waals surface area contributed by atoms with Gasteiger partial charge in [0.05, 0.1) is 0 Å². The maximum absolute atomic E-state index is 3.60. The molecule has 1 aliphatic rings. The molecule has 1 nitrogen and oxygen atoms in total. The fraction of sp³-hybridized carbons (Fsp3) is 0.667. The van der Waals surface area contributed by atoms with Crippen molar-refractivity contribution in [2.24, 2.45) is 5.92 Å². The van der Waals surface area contributed by atoms with Crippen molar-refractivity contribution in [3.8, 4) is 0 Å². The molecule has 0 spiro atoms. The highest BCUT2D eigenvalue weighted by atomic mass is 32.1. The van der Waals surface area contributed by atoms with E-state index in [2.05, 4.69) is 29.1 Å². The van der Waals surface area contributed by atoms with E-state index >= 15 is 0 Å². The minimum Gasteiger partial charge on any atom is -0.314 e. The van der Waals surface area contributed by atoms with Crippen LogP contribution in [0.3, 0.4) is 0 Å². The van der Waals surface area contributed by atoms with Crippen molar-refractivity contribution in [1.29, 1.82) is 0 Å². The molecule has 1 N–H and O–H groups in total. The summed E-state index contributed by atoms with van der Waals surface area (Å²) >= 11 is 1.79. The Balaban J connectivity index is 1.60. The average Bonchev–Trinajstić information content (AvgIpc) is 2.83. The second-order valence-electron chi connectivity index (χ2n) is 4.42. The summed E-state index contributed by atoms with van der Waals surface area (Å²) in [5, 5.41) is 8.00. The van der Waals surface area contributed by atoms with E-state index < -0.39 is 0 Å². The Morgan fingerprint density at radius 1 is 1.57 bits per heavy atom. The molecule has 2 rings (SSSR count). The van der Waals surface area contributed by atoms with E-state index in [0.717, 1.165) is 5.92 Å². The fourth-order valence-corrected chi connectivity index (χ4v) is 2.46. The third kappa shape index (κ3) is 3.43. The summed E-state index contributed by atoms with van der Waals surface area (Å²) in [4.78, 5) is 0. The Labute approximate surface area is 90.5 Å². The number of hydrogen-bond donors (Lipinski definition) is 1. The van der Waals surface area contributed by atoms with Crippen LogP contribution >= 0.6 is 11.3 Å². The van der Waals surface area contributed by atoms with E-state index in [-0.39, 0.29) is 0 Å². The summed E-state index contributed by atoms with van der Waals surface area (Å²) in [5.74, 6) is 1.05. The third-order valence-corrected chi connectivity index (χ3v) is 3.60. The molecule has 1 aromatic heterocycles. The van der Waals surface area contributed by atoms with E-state index in [1.807, 2.05) is 0 Å². The minimum atomic E-state index is 0.628. The predicted octanol–water partition coefficient (Wildman–Crippen LogP) is 3.07. The molecule has 1 fully saturated rings. The van der Waals surface area contributed by atoms with Gasteiger partial charge in [-0.15, -0.1) is 0 Å². The van der Waals surface area contributed by atoms with Crippen LogP contribution < -0.4 is 5.32 Å². The summed E-state index contributed by atoms with van der Waals surface area (Å²) in [6, 6.07) is 2.85. The van der Waals surface area contributed by atoms with Crippen LogP contribution in [0.5, 0.6) is 0 Å². The van der Waals surface area contributed by atoms with E-state index in [1.165, 1.54) is 37.8 Å². The van der Waals surface area contributed by atoms with Crippen molar-refractivity contribution < 1.29 is 0 Å². The Morgan fingerprint density at radius 2 is 2.43 bits per heavy atom. The minimum absolute atomic E-state index is 0.628. The number of hydrogen-bond acceptors (Lipinski definition) is 2. The van der Waals surface area contributed by atoms with Gasteiger partial charge in [-0.2, -0.15) is 11.3 Å². The Morgan fingerprint density at radius 3 is 3.07 bits per heavy atom. The summed E-state index contributed by atoms with van der Waals surface area (Å²) < 4.78 is 0. The van der Waals surface area contributed by atoms with Crippen LogP contribution in [-0.4, -0.2) is 12.6 Å². The molecule has 1 unspecified atom stereocenters. The van der Waals surface area contributed by atoms with Crippen LogP contribution in [-0.2, 0) is 6.42 Å². The van der Waals surface area contributed by atoms with Gasteiger partial charge in [-0.05, 0) is 54.6 Å². The molecule has 0 bridgehead atoms. The Bertz CT molecular complexity index is 251. The third-order valence-electron chi connectivity index (χ3n) is 2.86. The van der Waals surface area contributed by atoms with Crippen LogP contribution in [0, 0.1) is 5.92 Å². The first-order chi connectivity index (χ1) is 6.84. The molecule has 0 aromatic carbocycles. The van der Waals surface area contributed by atoms with E-state index in [9.17, 15) is 0 Å². The lowest BCUT2D eigenvalue weighted by Gasteiger charge is -2.12. The highest BCUT2D eigenvalue weighted by Gasteiger charge is 2.20. The monoisotopic (exact) mass is 209 g/mol. The lowest BCUT2D eigenvalue weighted by atomic mass is 10.1. The van der Waals surface area contributed by atoms with Gasteiger partial charge in [0, 0.05) is 6.04 Å². The summed E-state index contributed by atoms with van der Waals surface area (Å²) in [7, 11) is 0. The van der Waals surface area contributed by atoms with Crippen molar-refractivity contribution in [3.05, 3.63) is 22.4 Å². The smallest absolute Gasteiger partial charge is 0.00794 e. The van der Waals surface area contributed by atoms with Crippen LogP contribution in [0.25, 0.3) is 0 Å². The standard InChI is InChI=1S/C12H19NS/c1-10(8-12-5-7-14-9-12)13-6-4-11-2-3-11/h5,7,9-11,13H,2-4,6,8H2,1H3. The molecule has 14 heavy (non-hydrogen) atoms. The molecule has 2 heteroatoms. The van der Waals surface area contributed by atoms with Crippen molar-refractivity contribution in [1.82, 2.24) is 5.32 Å².